The lowest BCUT2D eigenvalue weighted by molar-refractivity contribution is -0.138. The van der Waals surface area contributed by atoms with E-state index in [0.29, 0.717) is 39.3 Å². The number of likely N-dealkylation sites (tertiary alicyclic amines) is 1. The van der Waals surface area contributed by atoms with Gasteiger partial charge in [0.05, 0.1) is 5.52 Å². The molecule has 1 aromatic carbocycles. The Labute approximate surface area is 245 Å². The van der Waals surface area contributed by atoms with Gasteiger partial charge in [0.15, 0.2) is 5.78 Å². The number of hydrogen-bond donors (Lipinski definition) is 1. The number of piperidine rings is 1. The van der Waals surface area contributed by atoms with Gasteiger partial charge >= 0.3 is 0 Å². The van der Waals surface area contributed by atoms with Gasteiger partial charge in [0.2, 0.25) is 11.8 Å². The molecule has 1 N–H and O–H groups in total. The minimum atomic E-state index is -0.629. The number of pyridine rings is 1. The first-order valence-electron chi connectivity index (χ1n) is 13.5. The van der Waals surface area contributed by atoms with Crippen molar-refractivity contribution in [3.05, 3.63) is 64.4 Å². The molecule has 3 aromatic heterocycles. The van der Waals surface area contributed by atoms with Crippen molar-refractivity contribution in [2.24, 2.45) is 11.3 Å². The molecule has 10 nitrogen and oxygen atoms in total. The second-order valence-corrected chi connectivity index (χ2v) is 12.2. The average molecular weight is 617 g/mol. The SMILES string of the molecule is CC(=O)c1nn(CC(=O)N2C3C(C)[C@@]3(C)C[C@@H]2C(=O)Nc2nc(Br)ccc2C)c2ccc(-c3cnc(C)nc3)cc12. The number of nitrogens with zero attached hydrogens (tertiary/aromatic N) is 6. The minimum Gasteiger partial charge on any atom is -0.325 e. The van der Waals surface area contributed by atoms with Crippen molar-refractivity contribution in [3.63, 3.8) is 0 Å². The van der Waals surface area contributed by atoms with E-state index in [0.717, 1.165) is 16.7 Å². The van der Waals surface area contributed by atoms with Crippen LogP contribution in [0.15, 0.2) is 47.3 Å². The predicted molar refractivity (Wildman–Crippen MR) is 157 cm³/mol. The molecule has 0 bridgehead atoms. The van der Waals surface area contributed by atoms with Crippen molar-refractivity contribution in [1.29, 1.82) is 0 Å². The fraction of sp³-hybridized carbons (Fsp3) is 0.367. The summed E-state index contributed by atoms with van der Waals surface area (Å²) in [5.41, 5.74) is 3.33. The Hall–Kier alpha value is -3.99. The first-order chi connectivity index (χ1) is 19.5. The average Bonchev–Trinajstić information content (AvgIpc) is 3.21. The van der Waals surface area contributed by atoms with Crippen molar-refractivity contribution in [1.82, 2.24) is 29.6 Å². The van der Waals surface area contributed by atoms with Crippen LogP contribution < -0.4 is 5.32 Å². The molecule has 11 heteroatoms. The van der Waals surface area contributed by atoms with Gasteiger partial charge in [0.1, 0.15) is 34.5 Å². The lowest BCUT2D eigenvalue weighted by Crippen LogP contribution is -2.47. The number of fused-ring (bicyclic) bond motifs is 2. The molecule has 4 heterocycles. The summed E-state index contributed by atoms with van der Waals surface area (Å²) in [5, 5.41) is 8.15. The first-order valence-corrected chi connectivity index (χ1v) is 14.3. The Kier molecular flexibility index (Phi) is 6.52. The second kappa shape index (κ2) is 9.83. The number of rotatable bonds is 6. The van der Waals surface area contributed by atoms with Gasteiger partial charge in [-0.05, 0) is 76.9 Å². The normalized spacial score (nSPS) is 23.0. The molecule has 4 aromatic rings. The van der Waals surface area contributed by atoms with Gasteiger partial charge < -0.3 is 10.2 Å². The summed E-state index contributed by atoms with van der Waals surface area (Å²) < 4.78 is 2.19. The highest BCUT2D eigenvalue weighted by Crippen LogP contribution is 2.64. The van der Waals surface area contributed by atoms with Gasteiger partial charge in [0.25, 0.3) is 0 Å². The number of nitrogens with one attached hydrogen (secondary N) is 1. The van der Waals surface area contributed by atoms with Crippen molar-refractivity contribution >= 4 is 50.2 Å². The van der Waals surface area contributed by atoms with E-state index >= 15 is 0 Å². The van der Waals surface area contributed by atoms with Gasteiger partial charge in [-0.1, -0.05) is 26.0 Å². The summed E-state index contributed by atoms with van der Waals surface area (Å²) in [7, 11) is 0. The highest BCUT2D eigenvalue weighted by Gasteiger charge is 2.70. The predicted octanol–water partition coefficient (Wildman–Crippen LogP) is 4.73. The number of halogens is 1. The Morgan fingerprint density at radius 1 is 1.10 bits per heavy atom. The summed E-state index contributed by atoms with van der Waals surface area (Å²) >= 11 is 3.36. The molecule has 1 aliphatic carbocycles. The van der Waals surface area contributed by atoms with E-state index in [9.17, 15) is 14.4 Å². The molecule has 1 saturated carbocycles. The topological polar surface area (TPSA) is 123 Å². The van der Waals surface area contributed by atoms with Crippen molar-refractivity contribution in [2.75, 3.05) is 5.32 Å². The fourth-order valence-electron chi connectivity index (χ4n) is 6.21. The summed E-state index contributed by atoms with van der Waals surface area (Å²) in [5.74, 6) is 0.753. The molecule has 2 fully saturated rings. The molecule has 1 saturated heterocycles. The van der Waals surface area contributed by atoms with E-state index in [4.69, 9.17) is 0 Å². The smallest absolute Gasteiger partial charge is 0.248 e. The zero-order valence-electron chi connectivity index (χ0n) is 23.5. The number of anilines is 1. The quantitative estimate of drug-likeness (QED) is 0.245. The highest BCUT2D eigenvalue weighted by molar-refractivity contribution is 9.10. The largest absolute Gasteiger partial charge is 0.325 e. The summed E-state index contributed by atoms with van der Waals surface area (Å²) in [6.07, 6.45) is 4.05. The lowest BCUT2D eigenvalue weighted by atomic mass is 9.98. The molecule has 210 valence electrons. The van der Waals surface area contributed by atoms with Gasteiger partial charge in [0, 0.05) is 36.3 Å². The molecular weight excluding hydrogens is 586 g/mol. The maximum Gasteiger partial charge on any atom is 0.248 e. The van der Waals surface area contributed by atoms with E-state index in [1.54, 1.807) is 22.0 Å². The summed E-state index contributed by atoms with van der Waals surface area (Å²) in [4.78, 5) is 54.7. The van der Waals surface area contributed by atoms with Crippen LogP contribution in [-0.4, -0.2) is 59.3 Å². The van der Waals surface area contributed by atoms with E-state index < -0.39 is 6.04 Å². The summed E-state index contributed by atoms with van der Waals surface area (Å²) in [6, 6.07) is 8.67. The van der Waals surface area contributed by atoms with E-state index in [2.05, 4.69) is 55.1 Å². The Balaban J connectivity index is 1.31. The maximum atomic E-state index is 13.9. The van der Waals surface area contributed by atoms with Crippen LogP contribution in [0.3, 0.4) is 0 Å². The number of benzene rings is 1. The number of hydrogen-bond acceptors (Lipinski definition) is 7. The molecule has 4 atom stereocenters. The minimum absolute atomic E-state index is 0.0374. The van der Waals surface area contributed by atoms with E-state index in [-0.39, 0.29) is 41.5 Å². The van der Waals surface area contributed by atoms with Gasteiger partial charge in [-0.2, -0.15) is 5.10 Å². The van der Waals surface area contributed by atoms with Crippen molar-refractivity contribution in [2.45, 2.75) is 59.7 Å². The number of aromatic nitrogens is 5. The van der Waals surface area contributed by atoms with Gasteiger partial charge in [-0.15, -0.1) is 0 Å². The third-order valence-corrected chi connectivity index (χ3v) is 9.17. The van der Waals surface area contributed by atoms with Crippen LogP contribution in [0, 0.1) is 25.2 Å². The summed E-state index contributed by atoms with van der Waals surface area (Å²) in [6.45, 7) is 9.32. The standard InChI is InChI=1S/C30H30BrN7O3/c1-15-6-9-24(31)34-28(15)35-29(41)23-11-30(5)16(2)27(30)38(23)25(40)14-37-22-8-7-19(20-12-32-18(4)33-13-20)10-21(22)26(36-37)17(3)39/h6-10,12-13,16,23,27H,11,14H2,1-5H3,(H,34,35,41)/t16?,23-,27?,30-/m1/s1. The van der Waals surface area contributed by atoms with Crippen LogP contribution in [0.25, 0.3) is 22.0 Å². The van der Waals surface area contributed by atoms with Crippen LogP contribution in [0.5, 0.6) is 0 Å². The van der Waals surface area contributed by atoms with Gasteiger partial charge in [-0.3, -0.25) is 19.1 Å². The zero-order valence-corrected chi connectivity index (χ0v) is 25.1. The van der Waals surface area contributed by atoms with Crippen LogP contribution in [0.4, 0.5) is 5.82 Å². The number of ketones is 1. The molecule has 2 unspecified atom stereocenters. The first kappa shape index (κ1) is 27.2. The molecule has 6 rings (SSSR count). The Morgan fingerprint density at radius 3 is 2.54 bits per heavy atom. The van der Waals surface area contributed by atoms with Crippen LogP contribution in [0.1, 0.15) is 49.1 Å². The van der Waals surface area contributed by atoms with Crippen molar-refractivity contribution in [3.8, 4) is 11.1 Å². The molecule has 41 heavy (non-hydrogen) atoms. The number of aryl methyl sites for hydroxylation is 2. The second-order valence-electron chi connectivity index (χ2n) is 11.4. The Bertz CT molecular complexity index is 1730. The lowest BCUT2D eigenvalue weighted by Gasteiger charge is -2.28. The number of carbonyl (C=O) groups excluding carboxylic acids is 3. The molecular formula is C30H30BrN7O3. The van der Waals surface area contributed by atoms with Gasteiger partial charge in [-0.25, -0.2) is 15.0 Å². The van der Waals surface area contributed by atoms with E-state index in [1.807, 2.05) is 44.2 Å². The van der Waals surface area contributed by atoms with Crippen LogP contribution in [-0.2, 0) is 16.1 Å². The molecule has 0 spiro atoms. The molecule has 0 radical (unpaired) electrons. The third-order valence-electron chi connectivity index (χ3n) is 8.73. The zero-order chi connectivity index (χ0) is 29.2. The number of Topliss-reactive ketones (excluding diaryl/α,β-unsaturated/α-hetero) is 1. The number of amides is 2. The fourth-order valence-corrected chi connectivity index (χ4v) is 6.52. The Morgan fingerprint density at radius 2 is 1.83 bits per heavy atom. The number of carbonyl (C=O) groups is 3. The monoisotopic (exact) mass is 615 g/mol. The third kappa shape index (κ3) is 4.61. The highest BCUT2D eigenvalue weighted by atomic mass is 79.9. The van der Waals surface area contributed by atoms with E-state index in [1.165, 1.54) is 6.92 Å². The molecule has 2 amide bonds. The molecule has 2 aliphatic rings. The maximum absolute atomic E-state index is 13.9. The molecule has 1 aliphatic heterocycles. The van der Waals surface area contributed by atoms with Crippen molar-refractivity contribution < 1.29 is 14.4 Å². The van der Waals surface area contributed by atoms with Crippen LogP contribution in [0.2, 0.25) is 0 Å². The van der Waals surface area contributed by atoms with Crippen LogP contribution >= 0.6 is 15.9 Å².